The Bertz CT molecular complexity index is 787. The molecule has 1 amide bonds. The molecule has 0 unspecified atom stereocenters. The van der Waals surface area contributed by atoms with Crippen LogP contribution in [0.1, 0.15) is 23.2 Å². The van der Waals surface area contributed by atoms with Crippen molar-refractivity contribution in [2.24, 2.45) is 0 Å². The van der Waals surface area contributed by atoms with Crippen molar-refractivity contribution >= 4 is 17.3 Å². The summed E-state index contributed by atoms with van der Waals surface area (Å²) >= 11 is 0. The highest BCUT2D eigenvalue weighted by molar-refractivity contribution is 6.00. The minimum absolute atomic E-state index is 0.0651. The average Bonchev–Trinajstić information content (AvgIpc) is 2.68. The molecular weight excluding hydrogens is 334 g/mol. The Labute approximate surface area is 151 Å². The van der Waals surface area contributed by atoms with Crippen LogP contribution in [0, 0.1) is 10.1 Å². The van der Waals surface area contributed by atoms with E-state index in [-0.39, 0.29) is 17.7 Å². The summed E-state index contributed by atoms with van der Waals surface area (Å²) in [6.45, 7) is 1.12. The predicted octanol–water partition coefficient (Wildman–Crippen LogP) is 3.32. The molecule has 136 valence electrons. The second kappa shape index (κ2) is 7.86. The number of para-hydroxylation sites is 1. The van der Waals surface area contributed by atoms with Crippen LogP contribution in [0.15, 0.2) is 48.5 Å². The van der Waals surface area contributed by atoms with Gasteiger partial charge in [-0.05, 0) is 18.2 Å². The third kappa shape index (κ3) is 3.93. The average molecular weight is 355 g/mol. The second-order valence-corrected chi connectivity index (χ2v) is 6.16. The van der Waals surface area contributed by atoms with Crippen LogP contribution in [0.5, 0.6) is 5.75 Å². The summed E-state index contributed by atoms with van der Waals surface area (Å²) < 4.78 is 5.94. The van der Waals surface area contributed by atoms with Gasteiger partial charge in [-0.2, -0.15) is 0 Å². The number of nitro groups is 1. The smallest absolute Gasteiger partial charge is 0.270 e. The molecule has 1 fully saturated rings. The van der Waals surface area contributed by atoms with E-state index < -0.39 is 4.92 Å². The zero-order valence-electron chi connectivity index (χ0n) is 14.6. The standard InChI is InChI=1S/C19H21N3O4/c1-20-18-8-7-14(22(24)25)13-17(18)19(23)21-11-9-16(10-12-21)26-15-5-3-2-4-6-15/h2-8,13,16,20H,9-12H2,1H3. The lowest BCUT2D eigenvalue weighted by molar-refractivity contribution is -0.384. The summed E-state index contributed by atoms with van der Waals surface area (Å²) in [7, 11) is 1.69. The Kier molecular flexibility index (Phi) is 5.36. The number of benzene rings is 2. The number of anilines is 1. The first kappa shape index (κ1) is 17.7. The minimum atomic E-state index is -0.490. The number of rotatable bonds is 5. The molecule has 0 aliphatic carbocycles. The number of piperidine rings is 1. The minimum Gasteiger partial charge on any atom is -0.490 e. The van der Waals surface area contributed by atoms with Gasteiger partial charge in [0.2, 0.25) is 0 Å². The number of hydrogen-bond acceptors (Lipinski definition) is 5. The normalized spacial score (nSPS) is 14.7. The third-order valence-electron chi connectivity index (χ3n) is 4.49. The van der Waals surface area contributed by atoms with Crippen LogP contribution in [-0.2, 0) is 0 Å². The number of nitrogens with zero attached hydrogens (tertiary/aromatic N) is 2. The number of nitrogens with one attached hydrogen (secondary N) is 1. The van der Waals surface area contributed by atoms with Crippen LogP contribution in [0.4, 0.5) is 11.4 Å². The summed E-state index contributed by atoms with van der Waals surface area (Å²) in [5.74, 6) is 0.629. The van der Waals surface area contributed by atoms with Crippen molar-refractivity contribution < 1.29 is 14.5 Å². The van der Waals surface area contributed by atoms with Crippen LogP contribution < -0.4 is 10.1 Å². The largest absolute Gasteiger partial charge is 0.490 e. The van der Waals surface area contributed by atoms with E-state index in [1.807, 2.05) is 30.3 Å². The molecular formula is C19H21N3O4. The van der Waals surface area contributed by atoms with Crippen LogP contribution in [0.3, 0.4) is 0 Å². The van der Waals surface area contributed by atoms with E-state index in [1.165, 1.54) is 12.1 Å². The first-order valence-corrected chi connectivity index (χ1v) is 8.55. The van der Waals surface area contributed by atoms with E-state index in [4.69, 9.17) is 4.74 Å². The van der Waals surface area contributed by atoms with E-state index in [9.17, 15) is 14.9 Å². The highest BCUT2D eigenvalue weighted by Crippen LogP contribution is 2.25. The molecule has 0 aromatic heterocycles. The molecule has 2 aromatic carbocycles. The maximum Gasteiger partial charge on any atom is 0.270 e. The number of hydrogen-bond donors (Lipinski definition) is 1. The van der Waals surface area contributed by atoms with Crippen molar-refractivity contribution in [3.05, 3.63) is 64.2 Å². The number of non-ortho nitro benzene ring substituents is 1. The van der Waals surface area contributed by atoms with E-state index >= 15 is 0 Å². The summed E-state index contributed by atoms with van der Waals surface area (Å²) in [5, 5.41) is 13.9. The molecule has 1 saturated heterocycles. The Balaban J connectivity index is 1.67. The quantitative estimate of drug-likeness (QED) is 0.657. The van der Waals surface area contributed by atoms with Gasteiger partial charge in [-0.25, -0.2) is 0 Å². The number of nitro benzene ring substituents is 1. The van der Waals surface area contributed by atoms with E-state index in [0.29, 0.717) is 24.3 Å². The lowest BCUT2D eigenvalue weighted by Gasteiger charge is -2.32. The summed E-state index contributed by atoms with van der Waals surface area (Å²) in [6.07, 6.45) is 1.52. The molecule has 1 N–H and O–H groups in total. The molecule has 2 aromatic rings. The van der Waals surface area contributed by atoms with Gasteiger partial charge < -0.3 is 15.0 Å². The van der Waals surface area contributed by atoms with Crippen molar-refractivity contribution in [3.63, 3.8) is 0 Å². The third-order valence-corrected chi connectivity index (χ3v) is 4.49. The van der Waals surface area contributed by atoms with Gasteiger partial charge >= 0.3 is 0 Å². The molecule has 1 aliphatic heterocycles. The number of carbonyl (C=O) groups is 1. The summed E-state index contributed by atoms with van der Waals surface area (Å²) in [6, 6.07) is 13.9. The number of amides is 1. The molecule has 3 rings (SSSR count). The van der Waals surface area contributed by atoms with Gasteiger partial charge in [0.25, 0.3) is 11.6 Å². The second-order valence-electron chi connectivity index (χ2n) is 6.16. The Morgan fingerprint density at radius 2 is 1.88 bits per heavy atom. The molecule has 7 heteroatoms. The van der Waals surface area contributed by atoms with Crippen molar-refractivity contribution in [2.75, 3.05) is 25.5 Å². The number of ether oxygens (including phenoxy) is 1. The summed E-state index contributed by atoms with van der Waals surface area (Å²) in [5.41, 5.74) is 0.821. The van der Waals surface area contributed by atoms with Crippen LogP contribution in [-0.4, -0.2) is 42.0 Å². The van der Waals surface area contributed by atoms with Crippen LogP contribution >= 0.6 is 0 Å². The number of likely N-dealkylation sites (tertiary alicyclic amines) is 1. The first-order valence-electron chi connectivity index (χ1n) is 8.55. The SMILES string of the molecule is CNc1ccc([N+](=O)[O-])cc1C(=O)N1CCC(Oc2ccccc2)CC1. The predicted molar refractivity (Wildman–Crippen MR) is 98.6 cm³/mol. The van der Waals surface area contributed by atoms with E-state index in [0.717, 1.165) is 18.6 Å². The van der Waals surface area contributed by atoms with Crippen molar-refractivity contribution in [3.8, 4) is 5.75 Å². The molecule has 7 nitrogen and oxygen atoms in total. The fourth-order valence-electron chi connectivity index (χ4n) is 3.08. The molecule has 26 heavy (non-hydrogen) atoms. The van der Waals surface area contributed by atoms with Gasteiger partial charge in [0.05, 0.1) is 10.5 Å². The van der Waals surface area contributed by atoms with Crippen molar-refractivity contribution in [1.82, 2.24) is 4.90 Å². The van der Waals surface area contributed by atoms with Gasteiger partial charge in [-0.1, -0.05) is 18.2 Å². The summed E-state index contributed by atoms with van der Waals surface area (Å²) in [4.78, 5) is 25.1. The highest BCUT2D eigenvalue weighted by Gasteiger charge is 2.27. The molecule has 0 atom stereocenters. The maximum absolute atomic E-state index is 12.8. The van der Waals surface area contributed by atoms with E-state index in [2.05, 4.69) is 5.32 Å². The Morgan fingerprint density at radius 1 is 1.19 bits per heavy atom. The van der Waals surface area contributed by atoms with Gasteiger partial charge in [-0.15, -0.1) is 0 Å². The zero-order valence-corrected chi connectivity index (χ0v) is 14.6. The van der Waals surface area contributed by atoms with Crippen molar-refractivity contribution in [2.45, 2.75) is 18.9 Å². The van der Waals surface area contributed by atoms with Gasteiger partial charge in [-0.3, -0.25) is 14.9 Å². The zero-order chi connectivity index (χ0) is 18.5. The fourth-order valence-corrected chi connectivity index (χ4v) is 3.08. The van der Waals surface area contributed by atoms with E-state index in [1.54, 1.807) is 18.0 Å². The molecule has 1 heterocycles. The van der Waals surface area contributed by atoms with Gasteiger partial charge in [0.15, 0.2) is 0 Å². The van der Waals surface area contributed by atoms with Gasteiger partial charge in [0.1, 0.15) is 11.9 Å². The Morgan fingerprint density at radius 3 is 2.50 bits per heavy atom. The van der Waals surface area contributed by atoms with Crippen LogP contribution in [0.25, 0.3) is 0 Å². The first-order chi connectivity index (χ1) is 12.6. The molecule has 0 spiro atoms. The maximum atomic E-state index is 12.8. The fraction of sp³-hybridized carbons (Fsp3) is 0.316. The molecule has 1 aliphatic rings. The highest BCUT2D eigenvalue weighted by atomic mass is 16.6. The molecule has 0 radical (unpaired) electrons. The molecule has 0 bridgehead atoms. The lowest BCUT2D eigenvalue weighted by Crippen LogP contribution is -2.42. The molecule has 0 saturated carbocycles. The van der Waals surface area contributed by atoms with Crippen LogP contribution in [0.2, 0.25) is 0 Å². The number of carbonyl (C=O) groups excluding carboxylic acids is 1. The van der Waals surface area contributed by atoms with Gasteiger partial charge in [0, 0.05) is 50.8 Å². The monoisotopic (exact) mass is 355 g/mol. The van der Waals surface area contributed by atoms with Crippen molar-refractivity contribution in [1.29, 1.82) is 0 Å². The lowest BCUT2D eigenvalue weighted by atomic mass is 10.0. The topological polar surface area (TPSA) is 84.7 Å². The Hall–Kier alpha value is -3.09.